The molecular formula is C15H24N2O2. The standard InChI is InChI=1S/C15H24N2O2/c1-3-4-14(17-9-7-16-8-10-17)13-6-5-12(19-2)11-15(13)18/h5-6,11,14,16,18H,3-4,7-10H2,1-2H3/t14-/m0/s1. The van der Waals surface area contributed by atoms with Gasteiger partial charge in [0.2, 0.25) is 0 Å². The van der Waals surface area contributed by atoms with Gasteiger partial charge in [0.15, 0.2) is 0 Å². The minimum atomic E-state index is 0.304. The van der Waals surface area contributed by atoms with Crippen LogP contribution in [-0.4, -0.2) is 43.3 Å². The van der Waals surface area contributed by atoms with E-state index in [4.69, 9.17) is 4.74 Å². The number of methoxy groups -OCH3 is 1. The Morgan fingerprint density at radius 3 is 2.68 bits per heavy atom. The number of piperazine rings is 1. The molecule has 1 fully saturated rings. The fourth-order valence-corrected chi connectivity index (χ4v) is 2.73. The van der Waals surface area contributed by atoms with Crippen molar-refractivity contribution in [3.8, 4) is 11.5 Å². The summed E-state index contributed by atoms with van der Waals surface area (Å²) in [5.74, 6) is 1.05. The van der Waals surface area contributed by atoms with Crippen LogP contribution in [0.5, 0.6) is 11.5 Å². The van der Waals surface area contributed by atoms with Crippen LogP contribution in [0.1, 0.15) is 31.4 Å². The number of hydrogen-bond donors (Lipinski definition) is 2. The summed E-state index contributed by atoms with van der Waals surface area (Å²) in [6, 6.07) is 5.94. The quantitative estimate of drug-likeness (QED) is 0.855. The van der Waals surface area contributed by atoms with Crippen molar-refractivity contribution in [2.75, 3.05) is 33.3 Å². The number of aromatic hydroxyl groups is 1. The Hall–Kier alpha value is -1.26. The van der Waals surface area contributed by atoms with Crippen molar-refractivity contribution in [2.45, 2.75) is 25.8 Å². The van der Waals surface area contributed by atoms with Crippen molar-refractivity contribution in [1.82, 2.24) is 10.2 Å². The monoisotopic (exact) mass is 264 g/mol. The molecule has 1 aliphatic heterocycles. The van der Waals surface area contributed by atoms with Gasteiger partial charge in [-0.2, -0.15) is 0 Å². The number of phenolic OH excluding ortho intramolecular Hbond substituents is 1. The van der Waals surface area contributed by atoms with Crippen molar-refractivity contribution in [2.24, 2.45) is 0 Å². The highest BCUT2D eigenvalue weighted by atomic mass is 16.5. The minimum Gasteiger partial charge on any atom is -0.507 e. The molecule has 0 unspecified atom stereocenters. The Morgan fingerprint density at radius 1 is 1.37 bits per heavy atom. The largest absolute Gasteiger partial charge is 0.507 e. The van der Waals surface area contributed by atoms with Gasteiger partial charge in [0.05, 0.1) is 7.11 Å². The normalized spacial score (nSPS) is 18.2. The highest BCUT2D eigenvalue weighted by molar-refractivity contribution is 5.41. The maximum Gasteiger partial charge on any atom is 0.124 e. The third-order valence-corrected chi connectivity index (χ3v) is 3.75. The molecule has 0 aliphatic carbocycles. The van der Waals surface area contributed by atoms with Crippen LogP contribution < -0.4 is 10.1 Å². The van der Waals surface area contributed by atoms with Crippen molar-refractivity contribution >= 4 is 0 Å². The predicted octanol–water partition coefficient (Wildman–Crippen LogP) is 2.15. The molecule has 0 bridgehead atoms. The third kappa shape index (κ3) is 3.39. The number of benzene rings is 1. The molecule has 106 valence electrons. The van der Waals surface area contributed by atoms with Gasteiger partial charge in [-0.15, -0.1) is 0 Å². The molecule has 4 heteroatoms. The summed E-state index contributed by atoms with van der Waals surface area (Å²) in [5, 5.41) is 13.6. The van der Waals surface area contributed by atoms with E-state index < -0.39 is 0 Å². The zero-order chi connectivity index (χ0) is 13.7. The summed E-state index contributed by atoms with van der Waals surface area (Å²) in [4.78, 5) is 2.46. The summed E-state index contributed by atoms with van der Waals surface area (Å²) in [6.45, 7) is 6.32. The molecule has 1 aromatic rings. The van der Waals surface area contributed by atoms with Gasteiger partial charge in [-0.25, -0.2) is 0 Å². The van der Waals surface area contributed by atoms with Crippen molar-refractivity contribution in [1.29, 1.82) is 0 Å². The van der Waals surface area contributed by atoms with Crippen LogP contribution in [-0.2, 0) is 0 Å². The lowest BCUT2D eigenvalue weighted by Gasteiger charge is -2.35. The number of phenols is 1. The van der Waals surface area contributed by atoms with E-state index >= 15 is 0 Å². The maximum atomic E-state index is 10.2. The fourth-order valence-electron chi connectivity index (χ4n) is 2.73. The van der Waals surface area contributed by atoms with E-state index in [1.807, 2.05) is 12.1 Å². The molecule has 2 rings (SSSR count). The Labute approximate surface area is 115 Å². The number of hydrogen-bond acceptors (Lipinski definition) is 4. The molecule has 0 radical (unpaired) electrons. The highest BCUT2D eigenvalue weighted by Crippen LogP contribution is 2.34. The molecular weight excluding hydrogens is 240 g/mol. The van der Waals surface area contributed by atoms with Crippen LogP contribution in [0.3, 0.4) is 0 Å². The van der Waals surface area contributed by atoms with Gasteiger partial charge in [0.25, 0.3) is 0 Å². The summed E-state index contributed by atoms with van der Waals surface area (Å²) in [6.07, 6.45) is 2.18. The molecule has 1 atom stereocenters. The first-order valence-corrected chi connectivity index (χ1v) is 7.08. The molecule has 19 heavy (non-hydrogen) atoms. The predicted molar refractivity (Wildman–Crippen MR) is 76.8 cm³/mol. The van der Waals surface area contributed by atoms with Gasteiger partial charge < -0.3 is 15.2 Å². The van der Waals surface area contributed by atoms with Crippen LogP contribution in [0, 0.1) is 0 Å². The lowest BCUT2D eigenvalue weighted by atomic mass is 9.98. The van der Waals surface area contributed by atoms with E-state index in [1.165, 1.54) is 0 Å². The van der Waals surface area contributed by atoms with Crippen LogP contribution in [0.4, 0.5) is 0 Å². The average Bonchev–Trinajstić information content (AvgIpc) is 2.46. The Kier molecular flexibility index (Phi) is 5.05. The molecule has 1 saturated heterocycles. The summed E-state index contributed by atoms with van der Waals surface area (Å²) >= 11 is 0. The lowest BCUT2D eigenvalue weighted by molar-refractivity contribution is 0.162. The van der Waals surface area contributed by atoms with Gasteiger partial charge in [-0.1, -0.05) is 19.4 Å². The smallest absolute Gasteiger partial charge is 0.124 e. The van der Waals surface area contributed by atoms with Crippen molar-refractivity contribution in [3.63, 3.8) is 0 Å². The van der Waals surface area contributed by atoms with E-state index in [2.05, 4.69) is 17.1 Å². The average molecular weight is 264 g/mol. The van der Waals surface area contributed by atoms with Gasteiger partial charge in [0.1, 0.15) is 11.5 Å². The molecule has 0 amide bonds. The minimum absolute atomic E-state index is 0.304. The third-order valence-electron chi connectivity index (χ3n) is 3.75. The lowest BCUT2D eigenvalue weighted by Crippen LogP contribution is -2.45. The van der Waals surface area contributed by atoms with E-state index in [-0.39, 0.29) is 0 Å². The topological polar surface area (TPSA) is 44.7 Å². The number of nitrogens with one attached hydrogen (secondary N) is 1. The zero-order valence-corrected chi connectivity index (χ0v) is 11.9. The Bertz CT molecular complexity index is 403. The second kappa shape index (κ2) is 6.78. The first kappa shape index (κ1) is 14.2. The van der Waals surface area contributed by atoms with Crippen LogP contribution in [0.15, 0.2) is 18.2 Å². The van der Waals surface area contributed by atoms with Gasteiger partial charge in [0, 0.05) is 43.9 Å². The van der Waals surface area contributed by atoms with E-state index in [1.54, 1.807) is 13.2 Å². The van der Waals surface area contributed by atoms with Crippen molar-refractivity contribution in [3.05, 3.63) is 23.8 Å². The Balaban J connectivity index is 2.22. The van der Waals surface area contributed by atoms with Crippen LogP contribution in [0.2, 0.25) is 0 Å². The van der Waals surface area contributed by atoms with E-state index in [0.717, 1.165) is 44.6 Å². The number of ether oxygens (including phenoxy) is 1. The molecule has 1 aliphatic rings. The van der Waals surface area contributed by atoms with E-state index in [9.17, 15) is 5.11 Å². The number of rotatable bonds is 5. The first-order chi connectivity index (χ1) is 9.26. The van der Waals surface area contributed by atoms with Gasteiger partial charge >= 0.3 is 0 Å². The highest BCUT2D eigenvalue weighted by Gasteiger charge is 2.23. The SMILES string of the molecule is CCC[C@@H](c1ccc(OC)cc1O)N1CCNCC1. The second-order valence-electron chi connectivity index (χ2n) is 5.02. The van der Waals surface area contributed by atoms with E-state index in [0.29, 0.717) is 17.5 Å². The fraction of sp³-hybridized carbons (Fsp3) is 0.600. The summed E-state index contributed by atoms with van der Waals surface area (Å²) in [5.41, 5.74) is 1.02. The molecule has 1 aromatic carbocycles. The molecule has 0 spiro atoms. The van der Waals surface area contributed by atoms with Crippen LogP contribution >= 0.6 is 0 Å². The van der Waals surface area contributed by atoms with Gasteiger partial charge in [-0.05, 0) is 12.5 Å². The Morgan fingerprint density at radius 2 is 2.11 bits per heavy atom. The summed E-state index contributed by atoms with van der Waals surface area (Å²) < 4.78 is 5.15. The number of nitrogens with zero attached hydrogens (tertiary/aromatic N) is 1. The first-order valence-electron chi connectivity index (χ1n) is 7.08. The second-order valence-corrected chi connectivity index (χ2v) is 5.02. The van der Waals surface area contributed by atoms with Gasteiger partial charge in [-0.3, -0.25) is 4.90 Å². The summed E-state index contributed by atoms with van der Waals surface area (Å²) in [7, 11) is 1.62. The molecule has 2 N–H and O–H groups in total. The van der Waals surface area contributed by atoms with Crippen LogP contribution in [0.25, 0.3) is 0 Å². The molecule has 0 saturated carbocycles. The van der Waals surface area contributed by atoms with Crippen molar-refractivity contribution < 1.29 is 9.84 Å². The molecule has 4 nitrogen and oxygen atoms in total. The molecule has 1 heterocycles. The molecule has 0 aromatic heterocycles. The zero-order valence-electron chi connectivity index (χ0n) is 11.9. The maximum absolute atomic E-state index is 10.2.